The van der Waals surface area contributed by atoms with E-state index in [4.69, 9.17) is 17.3 Å². The first-order valence-corrected chi connectivity index (χ1v) is 6.60. The van der Waals surface area contributed by atoms with Crippen LogP contribution in [0.2, 0.25) is 5.02 Å². The van der Waals surface area contributed by atoms with Crippen LogP contribution in [0.4, 0.5) is 5.82 Å². The van der Waals surface area contributed by atoms with E-state index in [0.717, 1.165) is 15.9 Å². The molecule has 0 saturated carbocycles. The van der Waals surface area contributed by atoms with Gasteiger partial charge in [0.1, 0.15) is 17.3 Å². The Morgan fingerprint density at radius 2 is 2.28 bits per heavy atom. The molecule has 2 N–H and O–H groups in total. The van der Waals surface area contributed by atoms with E-state index in [1.54, 1.807) is 6.08 Å². The maximum atomic E-state index is 6.20. The number of hydrogen-bond acceptors (Lipinski definition) is 2. The van der Waals surface area contributed by atoms with E-state index in [1.165, 1.54) is 0 Å². The van der Waals surface area contributed by atoms with Gasteiger partial charge in [-0.3, -0.25) is 0 Å². The molecule has 1 aromatic carbocycles. The van der Waals surface area contributed by atoms with Gasteiger partial charge >= 0.3 is 0 Å². The Labute approximate surface area is 119 Å². The Bertz CT molecular complexity index is 605. The van der Waals surface area contributed by atoms with E-state index in [1.807, 2.05) is 29.7 Å². The lowest BCUT2D eigenvalue weighted by molar-refractivity contribution is 0.792. The van der Waals surface area contributed by atoms with Crippen LogP contribution in [0.15, 0.2) is 35.3 Å². The van der Waals surface area contributed by atoms with Crippen LogP contribution in [0.25, 0.3) is 11.3 Å². The number of benzene rings is 1. The smallest absolute Gasteiger partial charge is 0.132 e. The second-order valence-corrected chi connectivity index (χ2v) is 5.24. The number of hydrogen-bond donors (Lipinski definition) is 1. The topological polar surface area (TPSA) is 43.8 Å². The molecule has 0 fully saturated rings. The molecule has 1 heterocycles. The van der Waals surface area contributed by atoms with Gasteiger partial charge in [0.25, 0.3) is 0 Å². The van der Waals surface area contributed by atoms with E-state index < -0.39 is 0 Å². The van der Waals surface area contributed by atoms with E-state index in [0.29, 0.717) is 23.1 Å². The quantitative estimate of drug-likeness (QED) is 0.865. The highest BCUT2D eigenvalue weighted by atomic mass is 79.9. The monoisotopic (exact) mass is 325 g/mol. The molecule has 0 aliphatic carbocycles. The van der Waals surface area contributed by atoms with Crippen molar-refractivity contribution in [2.75, 3.05) is 5.73 Å². The summed E-state index contributed by atoms with van der Waals surface area (Å²) in [7, 11) is 0. The maximum Gasteiger partial charge on any atom is 0.132 e. The van der Waals surface area contributed by atoms with Crippen molar-refractivity contribution in [2.24, 2.45) is 0 Å². The summed E-state index contributed by atoms with van der Waals surface area (Å²) < 4.78 is 2.84. The molecule has 0 aliphatic rings. The van der Waals surface area contributed by atoms with Crippen LogP contribution >= 0.6 is 27.5 Å². The maximum absolute atomic E-state index is 6.20. The molecule has 0 unspecified atom stereocenters. The van der Waals surface area contributed by atoms with Gasteiger partial charge in [0.15, 0.2) is 0 Å². The first-order valence-electron chi connectivity index (χ1n) is 5.43. The van der Waals surface area contributed by atoms with Crippen molar-refractivity contribution in [3.05, 3.63) is 46.2 Å². The van der Waals surface area contributed by atoms with Crippen molar-refractivity contribution in [3.63, 3.8) is 0 Å². The summed E-state index contributed by atoms with van der Waals surface area (Å²) in [6.45, 7) is 6.26. The lowest BCUT2D eigenvalue weighted by atomic mass is 10.1. The summed E-state index contributed by atoms with van der Waals surface area (Å²) in [5, 5.41) is 0.633. The molecule has 18 heavy (non-hydrogen) atoms. The van der Waals surface area contributed by atoms with Crippen LogP contribution in [-0.2, 0) is 6.54 Å². The van der Waals surface area contributed by atoms with Gasteiger partial charge in [0.05, 0.1) is 5.02 Å². The summed E-state index contributed by atoms with van der Waals surface area (Å²) in [5.74, 6) is 1.45. The third kappa shape index (κ3) is 2.31. The van der Waals surface area contributed by atoms with Crippen molar-refractivity contribution in [2.45, 2.75) is 13.5 Å². The first kappa shape index (κ1) is 13.2. The van der Waals surface area contributed by atoms with Gasteiger partial charge in [-0.1, -0.05) is 33.6 Å². The third-order valence-corrected chi connectivity index (χ3v) is 3.52. The van der Waals surface area contributed by atoms with Crippen LogP contribution in [0, 0.1) is 6.92 Å². The standard InChI is InChI=1S/C13H13BrClN3/c1-3-6-18-8(2)17-12(13(18)16)10-7-9(14)4-5-11(10)15/h3-5,7H,1,6,16H2,2H3. The predicted molar refractivity (Wildman–Crippen MR) is 79.7 cm³/mol. The molecule has 3 nitrogen and oxygen atoms in total. The number of anilines is 1. The summed E-state index contributed by atoms with van der Waals surface area (Å²) in [6, 6.07) is 5.62. The molecule has 0 saturated heterocycles. The molecule has 0 amide bonds. The van der Waals surface area contributed by atoms with E-state index in [-0.39, 0.29) is 0 Å². The molecular formula is C13H13BrClN3. The van der Waals surface area contributed by atoms with Gasteiger partial charge in [-0.05, 0) is 25.1 Å². The molecule has 5 heteroatoms. The number of imidazole rings is 1. The Hall–Kier alpha value is -1.26. The zero-order valence-corrected chi connectivity index (χ0v) is 12.3. The fraction of sp³-hybridized carbons (Fsp3) is 0.154. The number of nitrogen functional groups attached to an aromatic ring is 1. The lowest BCUT2D eigenvalue weighted by Crippen LogP contribution is -2.03. The van der Waals surface area contributed by atoms with Gasteiger partial charge in [0, 0.05) is 16.6 Å². The zero-order valence-electron chi connectivity index (χ0n) is 9.95. The number of rotatable bonds is 3. The first-order chi connectivity index (χ1) is 8.54. The Morgan fingerprint density at radius 3 is 2.94 bits per heavy atom. The fourth-order valence-corrected chi connectivity index (χ4v) is 2.39. The summed E-state index contributed by atoms with van der Waals surface area (Å²) in [4.78, 5) is 4.49. The fourth-order valence-electron chi connectivity index (χ4n) is 1.82. The molecule has 2 rings (SSSR count). The SMILES string of the molecule is C=CCn1c(C)nc(-c2cc(Br)ccc2Cl)c1N. The Balaban J connectivity index is 2.61. The normalized spacial score (nSPS) is 10.6. The van der Waals surface area contributed by atoms with Gasteiger partial charge in [0.2, 0.25) is 0 Å². The molecule has 0 bridgehead atoms. The van der Waals surface area contributed by atoms with Crippen molar-refractivity contribution in [1.29, 1.82) is 0 Å². The number of allylic oxidation sites excluding steroid dienone is 1. The third-order valence-electron chi connectivity index (χ3n) is 2.69. The number of nitrogens with zero attached hydrogens (tertiary/aromatic N) is 2. The zero-order chi connectivity index (χ0) is 13.3. The van der Waals surface area contributed by atoms with Crippen molar-refractivity contribution >= 4 is 33.3 Å². The average Bonchev–Trinajstić information content (AvgIpc) is 2.61. The molecule has 0 spiro atoms. The molecule has 0 radical (unpaired) electrons. The minimum Gasteiger partial charge on any atom is -0.383 e. The molecule has 2 aromatic rings. The number of aryl methyl sites for hydroxylation is 1. The molecular weight excluding hydrogens is 314 g/mol. The second-order valence-electron chi connectivity index (χ2n) is 3.92. The van der Waals surface area contributed by atoms with Gasteiger partial charge < -0.3 is 10.3 Å². The molecule has 94 valence electrons. The van der Waals surface area contributed by atoms with E-state index >= 15 is 0 Å². The molecule has 0 atom stereocenters. The molecule has 1 aromatic heterocycles. The van der Waals surface area contributed by atoms with Crippen molar-refractivity contribution < 1.29 is 0 Å². The number of aromatic nitrogens is 2. The average molecular weight is 327 g/mol. The highest BCUT2D eigenvalue weighted by Crippen LogP contribution is 2.33. The highest BCUT2D eigenvalue weighted by molar-refractivity contribution is 9.10. The van der Waals surface area contributed by atoms with Crippen LogP contribution in [0.3, 0.4) is 0 Å². The summed E-state index contributed by atoms with van der Waals surface area (Å²) >= 11 is 9.62. The van der Waals surface area contributed by atoms with Crippen LogP contribution in [0.5, 0.6) is 0 Å². The predicted octanol–water partition coefficient (Wildman–Crippen LogP) is 4.04. The summed E-state index contributed by atoms with van der Waals surface area (Å²) in [6.07, 6.45) is 1.79. The Kier molecular flexibility index (Phi) is 3.78. The van der Waals surface area contributed by atoms with Gasteiger partial charge in [-0.25, -0.2) is 4.98 Å². The lowest BCUT2D eigenvalue weighted by Gasteiger charge is -2.05. The van der Waals surface area contributed by atoms with Gasteiger partial charge in [-0.2, -0.15) is 0 Å². The minimum atomic E-state index is 0.604. The largest absolute Gasteiger partial charge is 0.383 e. The summed E-state index contributed by atoms with van der Waals surface area (Å²) in [5.41, 5.74) is 7.66. The van der Waals surface area contributed by atoms with Crippen molar-refractivity contribution in [3.8, 4) is 11.3 Å². The Morgan fingerprint density at radius 1 is 1.56 bits per heavy atom. The van der Waals surface area contributed by atoms with Crippen molar-refractivity contribution in [1.82, 2.24) is 9.55 Å². The minimum absolute atomic E-state index is 0.604. The number of halogens is 2. The van der Waals surface area contributed by atoms with Crippen LogP contribution in [-0.4, -0.2) is 9.55 Å². The molecule has 0 aliphatic heterocycles. The second kappa shape index (κ2) is 5.16. The number of nitrogens with two attached hydrogens (primary N) is 1. The van der Waals surface area contributed by atoms with Crippen LogP contribution < -0.4 is 5.73 Å². The van der Waals surface area contributed by atoms with E-state index in [2.05, 4.69) is 27.5 Å². The van der Waals surface area contributed by atoms with E-state index in [9.17, 15) is 0 Å². The van der Waals surface area contributed by atoms with Gasteiger partial charge in [-0.15, -0.1) is 6.58 Å². The highest BCUT2D eigenvalue weighted by Gasteiger charge is 2.15. The van der Waals surface area contributed by atoms with Crippen LogP contribution in [0.1, 0.15) is 5.82 Å².